The molecule has 1 fully saturated rings. The van der Waals surface area contributed by atoms with Crippen LogP contribution in [0.15, 0.2) is 17.1 Å². The topological polar surface area (TPSA) is 12.4 Å². The highest BCUT2D eigenvalue weighted by Crippen LogP contribution is 2.59. The Hall–Kier alpha value is -0.160. The predicted molar refractivity (Wildman–Crippen MR) is 75.0 cm³/mol. The second-order valence-corrected chi connectivity index (χ2v) is 9.18. The molecular formula is C14H24NP. The monoisotopic (exact) mass is 237 g/mol. The third-order valence-electron chi connectivity index (χ3n) is 3.50. The van der Waals surface area contributed by atoms with Gasteiger partial charge in [-0.3, -0.25) is 4.99 Å². The van der Waals surface area contributed by atoms with Crippen molar-refractivity contribution in [3.63, 3.8) is 0 Å². The van der Waals surface area contributed by atoms with Gasteiger partial charge in [0.05, 0.1) is 5.45 Å². The van der Waals surface area contributed by atoms with Gasteiger partial charge in [0, 0.05) is 6.54 Å². The van der Waals surface area contributed by atoms with E-state index in [4.69, 9.17) is 4.99 Å². The van der Waals surface area contributed by atoms with Gasteiger partial charge < -0.3 is 0 Å². The molecule has 0 aromatic carbocycles. The van der Waals surface area contributed by atoms with E-state index >= 15 is 0 Å². The van der Waals surface area contributed by atoms with Crippen molar-refractivity contribution in [2.45, 2.75) is 63.7 Å². The molecule has 1 heterocycles. The Morgan fingerprint density at radius 3 is 2.44 bits per heavy atom. The van der Waals surface area contributed by atoms with Crippen LogP contribution in [0.4, 0.5) is 0 Å². The Labute approximate surface area is 101 Å². The minimum atomic E-state index is -0.0578. The summed E-state index contributed by atoms with van der Waals surface area (Å²) < 4.78 is 0. The minimum Gasteiger partial charge on any atom is -0.285 e. The third kappa shape index (κ3) is 2.74. The lowest BCUT2D eigenvalue weighted by Crippen LogP contribution is -2.23. The van der Waals surface area contributed by atoms with Gasteiger partial charge >= 0.3 is 0 Å². The molecule has 0 spiro atoms. The highest BCUT2D eigenvalue weighted by molar-refractivity contribution is 7.77. The summed E-state index contributed by atoms with van der Waals surface area (Å²) in [6.07, 6.45) is 11.5. The van der Waals surface area contributed by atoms with Crippen LogP contribution in [0.5, 0.6) is 0 Å². The van der Waals surface area contributed by atoms with Crippen molar-refractivity contribution in [3.8, 4) is 0 Å². The van der Waals surface area contributed by atoms with Crippen LogP contribution in [0.25, 0.3) is 0 Å². The summed E-state index contributed by atoms with van der Waals surface area (Å²) in [6.45, 7) is 8.24. The molecule has 0 bridgehead atoms. The normalized spacial score (nSPS) is 24.6. The zero-order valence-corrected chi connectivity index (χ0v) is 11.8. The fraction of sp³-hybridized carbons (Fsp3) is 0.786. The first-order valence-electron chi connectivity index (χ1n) is 6.59. The molecule has 1 aliphatic carbocycles. The van der Waals surface area contributed by atoms with Gasteiger partial charge in [0.15, 0.2) is 0 Å². The summed E-state index contributed by atoms with van der Waals surface area (Å²) in [5.74, 6) is 0. The van der Waals surface area contributed by atoms with Crippen LogP contribution in [0, 0.1) is 0 Å². The Bertz CT molecular complexity index is 292. The second-order valence-electron chi connectivity index (χ2n) is 5.91. The number of rotatable bonds is 2. The highest BCUT2D eigenvalue weighted by Gasteiger charge is 2.36. The maximum absolute atomic E-state index is 4.80. The van der Waals surface area contributed by atoms with Crippen molar-refractivity contribution in [2.75, 3.05) is 6.54 Å². The summed E-state index contributed by atoms with van der Waals surface area (Å²) in [6, 6.07) is 0. The maximum atomic E-state index is 4.80. The molecule has 90 valence electrons. The van der Waals surface area contributed by atoms with Gasteiger partial charge in [-0.05, 0) is 44.1 Å². The summed E-state index contributed by atoms with van der Waals surface area (Å²) in [7, 11) is -0.0578. The summed E-state index contributed by atoms with van der Waals surface area (Å²) in [5.41, 5.74) is 2.39. The summed E-state index contributed by atoms with van der Waals surface area (Å²) >= 11 is 0. The average molecular weight is 237 g/mol. The number of nitrogens with zero attached hydrogens (tertiary/aromatic N) is 1. The molecule has 1 unspecified atom stereocenters. The lowest BCUT2D eigenvalue weighted by atomic mass is 10.2. The molecule has 2 rings (SSSR count). The van der Waals surface area contributed by atoms with Gasteiger partial charge in [-0.1, -0.05) is 39.7 Å². The van der Waals surface area contributed by atoms with E-state index in [1.54, 1.807) is 0 Å². The molecule has 0 N–H and O–H groups in total. The van der Waals surface area contributed by atoms with Crippen LogP contribution in [-0.2, 0) is 0 Å². The van der Waals surface area contributed by atoms with E-state index in [0.29, 0.717) is 5.16 Å². The van der Waals surface area contributed by atoms with Gasteiger partial charge in [0.1, 0.15) is 0 Å². The van der Waals surface area contributed by atoms with E-state index in [1.165, 1.54) is 31.1 Å². The van der Waals surface area contributed by atoms with Gasteiger partial charge in [-0.15, -0.1) is 0 Å². The molecule has 2 aliphatic rings. The van der Waals surface area contributed by atoms with E-state index in [1.807, 2.05) is 0 Å². The van der Waals surface area contributed by atoms with E-state index < -0.39 is 0 Å². The van der Waals surface area contributed by atoms with Gasteiger partial charge in [0.25, 0.3) is 0 Å². The molecule has 0 aromatic heterocycles. The van der Waals surface area contributed by atoms with Crippen LogP contribution >= 0.6 is 7.92 Å². The van der Waals surface area contributed by atoms with Crippen LogP contribution in [-0.4, -0.2) is 22.8 Å². The average Bonchev–Trinajstić information content (AvgIpc) is 2.71. The van der Waals surface area contributed by atoms with Crippen molar-refractivity contribution in [3.05, 3.63) is 12.2 Å². The van der Waals surface area contributed by atoms with Gasteiger partial charge in [-0.25, -0.2) is 0 Å². The molecule has 0 saturated heterocycles. The number of hydrogen-bond acceptors (Lipinski definition) is 1. The number of allylic oxidation sites excluding steroid dienone is 1. The first-order chi connectivity index (χ1) is 7.59. The van der Waals surface area contributed by atoms with E-state index in [0.717, 1.165) is 18.6 Å². The molecule has 1 saturated carbocycles. The van der Waals surface area contributed by atoms with Crippen LogP contribution < -0.4 is 0 Å². The fourth-order valence-electron chi connectivity index (χ4n) is 2.89. The smallest absolute Gasteiger partial charge is 0.0580 e. The van der Waals surface area contributed by atoms with Crippen LogP contribution in [0.2, 0.25) is 0 Å². The standard InChI is InChI=1S/C14H24NP/c1-14(2,3)16(12-8-4-5-9-12)13-10-6-7-11-15-13/h6,10,12H,4-5,7-9,11H2,1-3H3. The van der Waals surface area contributed by atoms with Gasteiger partial charge in [-0.2, -0.15) is 0 Å². The lowest BCUT2D eigenvalue weighted by molar-refractivity contribution is 0.759. The summed E-state index contributed by atoms with van der Waals surface area (Å²) in [5, 5.41) is 0.421. The van der Waals surface area contributed by atoms with E-state index in [-0.39, 0.29) is 7.92 Å². The quantitative estimate of drug-likeness (QED) is 0.624. The third-order valence-corrected chi connectivity index (χ3v) is 6.97. The Balaban J connectivity index is 2.20. The fourth-order valence-corrected chi connectivity index (χ4v) is 6.45. The zero-order chi connectivity index (χ0) is 11.6. The number of aliphatic imine (C=N–C) groups is 1. The van der Waals surface area contributed by atoms with Gasteiger partial charge in [0.2, 0.25) is 0 Å². The molecule has 2 heteroatoms. The second kappa shape index (κ2) is 5.00. The Morgan fingerprint density at radius 2 is 1.94 bits per heavy atom. The largest absolute Gasteiger partial charge is 0.285 e. The number of hydrogen-bond donors (Lipinski definition) is 0. The molecule has 0 radical (unpaired) electrons. The van der Waals surface area contributed by atoms with Crippen molar-refractivity contribution in [1.82, 2.24) is 0 Å². The van der Waals surface area contributed by atoms with E-state index in [9.17, 15) is 0 Å². The highest BCUT2D eigenvalue weighted by atomic mass is 31.1. The van der Waals surface area contributed by atoms with Crippen molar-refractivity contribution in [2.24, 2.45) is 4.99 Å². The lowest BCUT2D eigenvalue weighted by Gasteiger charge is -2.36. The molecule has 1 aliphatic heterocycles. The Morgan fingerprint density at radius 1 is 1.25 bits per heavy atom. The molecule has 0 amide bonds. The predicted octanol–water partition coefficient (Wildman–Crippen LogP) is 4.57. The van der Waals surface area contributed by atoms with Crippen molar-refractivity contribution >= 4 is 13.4 Å². The molecule has 16 heavy (non-hydrogen) atoms. The first kappa shape index (κ1) is 12.3. The zero-order valence-electron chi connectivity index (χ0n) is 10.9. The first-order valence-corrected chi connectivity index (χ1v) is 8.00. The van der Waals surface area contributed by atoms with Crippen molar-refractivity contribution in [1.29, 1.82) is 0 Å². The Kier molecular flexibility index (Phi) is 3.85. The van der Waals surface area contributed by atoms with E-state index in [2.05, 4.69) is 32.9 Å². The van der Waals surface area contributed by atoms with Crippen molar-refractivity contribution < 1.29 is 0 Å². The number of dihydropyridines is 1. The molecule has 0 aromatic rings. The summed E-state index contributed by atoms with van der Waals surface area (Å²) in [4.78, 5) is 4.80. The maximum Gasteiger partial charge on any atom is 0.0580 e. The molecular weight excluding hydrogens is 213 g/mol. The molecule has 1 atom stereocenters. The molecule has 1 nitrogen and oxygen atoms in total. The van der Waals surface area contributed by atoms with Crippen LogP contribution in [0.3, 0.4) is 0 Å². The SMILES string of the molecule is CC(C)(C)P(C1=NCCC=C1)C1CCCC1. The van der Waals surface area contributed by atoms with Crippen LogP contribution in [0.1, 0.15) is 52.9 Å². The minimum absolute atomic E-state index is 0.0578.